The molecule has 1 N–H and O–H groups in total. The lowest BCUT2D eigenvalue weighted by Crippen LogP contribution is -2.14. The van der Waals surface area contributed by atoms with Crippen LogP contribution in [-0.2, 0) is 21.2 Å². The van der Waals surface area contributed by atoms with Gasteiger partial charge in [-0.25, -0.2) is 8.42 Å². The highest BCUT2D eigenvalue weighted by Crippen LogP contribution is 2.41. The first kappa shape index (κ1) is 21.5. The number of sulfone groups is 1. The van der Waals surface area contributed by atoms with E-state index in [1.54, 1.807) is 0 Å². The second kappa shape index (κ2) is 7.92. The molecule has 0 bridgehead atoms. The molecular weight excluding hydrogens is 432 g/mol. The SMILES string of the molecule is C=CC(c1ccc(Cl)cc1)S(=O)(=O)c1c(C)n(CC(=O)O)c2cccc([N+](=O)[O-])c12. The highest BCUT2D eigenvalue weighted by Gasteiger charge is 2.35. The Balaban J connectivity index is 2.39. The van der Waals surface area contributed by atoms with Gasteiger partial charge in [-0.3, -0.25) is 14.9 Å². The smallest absolute Gasteiger partial charge is 0.323 e. The summed E-state index contributed by atoms with van der Waals surface area (Å²) in [5, 5.41) is 20.0. The molecule has 1 unspecified atom stereocenters. The van der Waals surface area contributed by atoms with E-state index in [2.05, 4.69) is 6.58 Å². The summed E-state index contributed by atoms with van der Waals surface area (Å²) in [6.45, 7) is 4.52. The van der Waals surface area contributed by atoms with Crippen LogP contribution in [0.25, 0.3) is 10.9 Å². The lowest BCUT2D eigenvalue weighted by atomic mass is 10.1. The van der Waals surface area contributed by atoms with Crippen LogP contribution in [0.5, 0.6) is 0 Å². The molecule has 8 nitrogen and oxygen atoms in total. The minimum absolute atomic E-state index is 0.0995. The Morgan fingerprint density at radius 2 is 1.93 bits per heavy atom. The number of nitro groups is 1. The molecule has 156 valence electrons. The fourth-order valence-corrected chi connectivity index (χ4v) is 5.69. The number of hydrogen-bond acceptors (Lipinski definition) is 5. The standard InChI is InChI=1S/C20H17ClN2O6S/c1-3-17(13-7-9-14(21)10-8-13)30(28,29)20-12(2)22(11-18(24)25)15-5-4-6-16(19(15)20)23(26)27/h3-10,17H,1,11H2,2H3,(H,24,25). The first-order valence-electron chi connectivity index (χ1n) is 8.69. The van der Waals surface area contributed by atoms with Crippen molar-refractivity contribution < 1.29 is 23.2 Å². The van der Waals surface area contributed by atoms with Crippen LogP contribution >= 0.6 is 11.6 Å². The zero-order valence-corrected chi connectivity index (χ0v) is 17.4. The molecule has 0 aliphatic carbocycles. The van der Waals surface area contributed by atoms with Gasteiger partial charge in [0.1, 0.15) is 16.7 Å². The molecule has 3 aromatic rings. The third-order valence-corrected chi connectivity index (χ3v) is 7.25. The normalized spacial score (nSPS) is 12.6. The van der Waals surface area contributed by atoms with E-state index >= 15 is 0 Å². The van der Waals surface area contributed by atoms with E-state index < -0.39 is 38.2 Å². The highest BCUT2D eigenvalue weighted by atomic mass is 35.5. The number of hydrogen-bond donors (Lipinski definition) is 1. The minimum atomic E-state index is -4.22. The molecule has 0 saturated heterocycles. The summed E-state index contributed by atoms with van der Waals surface area (Å²) in [6.07, 6.45) is 1.23. The molecule has 0 saturated carbocycles. The molecule has 0 aliphatic rings. The summed E-state index contributed by atoms with van der Waals surface area (Å²) in [4.78, 5) is 22.0. The van der Waals surface area contributed by atoms with Gasteiger partial charge in [-0.2, -0.15) is 0 Å². The van der Waals surface area contributed by atoms with E-state index in [1.807, 2.05) is 0 Å². The summed E-state index contributed by atoms with van der Waals surface area (Å²) in [5.41, 5.74) is 0.216. The van der Waals surface area contributed by atoms with Crippen LogP contribution in [0.1, 0.15) is 16.5 Å². The number of benzene rings is 2. The number of fused-ring (bicyclic) bond motifs is 1. The predicted octanol–water partition coefficient (Wildman–Crippen LogP) is 4.30. The highest BCUT2D eigenvalue weighted by molar-refractivity contribution is 7.92. The fourth-order valence-electron chi connectivity index (χ4n) is 3.53. The lowest BCUT2D eigenvalue weighted by Gasteiger charge is -2.15. The minimum Gasteiger partial charge on any atom is -0.480 e. The molecule has 2 aromatic carbocycles. The molecule has 0 amide bonds. The van der Waals surface area contributed by atoms with Gasteiger partial charge in [0.25, 0.3) is 5.69 Å². The van der Waals surface area contributed by atoms with Crippen LogP contribution in [-0.4, -0.2) is 29.0 Å². The van der Waals surface area contributed by atoms with Gasteiger partial charge in [0.05, 0.1) is 15.8 Å². The Hall–Kier alpha value is -3.17. The van der Waals surface area contributed by atoms with E-state index in [0.29, 0.717) is 10.6 Å². The molecule has 1 aromatic heterocycles. The Labute approximate surface area is 177 Å². The van der Waals surface area contributed by atoms with Crippen LogP contribution in [0.3, 0.4) is 0 Å². The molecule has 0 spiro atoms. The van der Waals surface area contributed by atoms with Crippen molar-refractivity contribution in [3.63, 3.8) is 0 Å². The third-order valence-electron chi connectivity index (χ3n) is 4.79. The van der Waals surface area contributed by atoms with Gasteiger partial charge in [-0.1, -0.05) is 35.9 Å². The van der Waals surface area contributed by atoms with E-state index in [4.69, 9.17) is 11.6 Å². The van der Waals surface area contributed by atoms with Crippen molar-refractivity contribution in [2.24, 2.45) is 0 Å². The number of nitrogens with zero attached hydrogens (tertiary/aromatic N) is 2. The first-order valence-corrected chi connectivity index (χ1v) is 10.6. The fraction of sp³-hybridized carbons (Fsp3) is 0.150. The molecule has 0 aliphatic heterocycles. The summed E-state index contributed by atoms with van der Waals surface area (Å²) < 4.78 is 28.6. The van der Waals surface area contributed by atoms with Crippen molar-refractivity contribution in [1.82, 2.24) is 4.57 Å². The Morgan fingerprint density at radius 3 is 2.47 bits per heavy atom. The van der Waals surface area contributed by atoms with Crippen molar-refractivity contribution in [3.8, 4) is 0 Å². The summed E-state index contributed by atoms with van der Waals surface area (Å²) in [6, 6.07) is 10.2. The third kappa shape index (κ3) is 3.57. The Bertz CT molecular complexity index is 1280. The number of aliphatic carboxylic acids is 1. The molecule has 1 heterocycles. The summed E-state index contributed by atoms with van der Waals surface area (Å²) in [5.74, 6) is -1.21. The van der Waals surface area contributed by atoms with Gasteiger partial charge in [0.15, 0.2) is 9.84 Å². The largest absolute Gasteiger partial charge is 0.480 e. The number of nitro benzene ring substituents is 1. The van der Waals surface area contributed by atoms with Crippen molar-refractivity contribution in [3.05, 3.63) is 81.5 Å². The number of carboxylic acid groups (broad SMARTS) is 1. The topological polar surface area (TPSA) is 120 Å². The maximum Gasteiger partial charge on any atom is 0.323 e. The molecule has 0 radical (unpaired) electrons. The van der Waals surface area contributed by atoms with Crippen LogP contribution < -0.4 is 0 Å². The van der Waals surface area contributed by atoms with Gasteiger partial charge in [0, 0.05) is 16.8 Å². The van der Waals surface area contributed by atoms with Gasteiger partial charge in [0.2, 0.25) is 0 Å². The average molecular weight is 449 g/mol. The summed E-state index contributed by atoms with van der Waals surface area (Å²) >= 11 is 5.89. The van der Waals surface area contributed by atoms with Crippen molar-refractivity contribution in [1.29, 1.82) is 0 Å². The lowest BCUT2D eigenvalue weighted by molar-refractivity contribution is -0.383. The van der Waals surface area contributed by atoms with E-state index in [1.165, 1.54) is 60.0 Å². The monoisotopic (exact) mass is 448 g/mol. The van der Waals surface area contributed by atoms with Gasteiger partial charge >= 0.3 is 5.97 Å². The molecule has 30 heavy (non-hydrogen) atoms. The van der Waals surface area contributed by atoms with Crippen LogP contribution in [0, 0.1) is 17.0 Å². The number of non-ortho nitro benzene ring substituents is 1. The van der Waals surface area contributed by atoms with E-state index in [0.717, 1.165) is 0 Å². The number of rotatable bonds is 7. The molecule has 10 heteroatoms. The van der Waals surface area contributed by atoms with Crippen LogP contribution in [0.4, 0.5) is 5.69 Å². The zero-order chi connectivity index (χ0) is 22.2. The number of halogens is 1. The van der Waals surface area contributed by atoms with Crippen LogP contribution in [0.2, 0.25) is 5.02 Å². The Morgan fingerprint density at radius 1 is 1.30 bits per heavy atom. The maximum atomic E-state index is 13.7. The van der Waals surface area contributed by atoms with E-state index in [9.17, 15) is 28.4 Å². The predicted molar refractivity (Wildman–Crippen MR) is 113 cm³/mol. The number of aromatic nitrogens is 1. The average Bonchev–Trinajstić information content (AvgIpc) is 2.95. The number of carbonyl (C=O) groups is 1. The van der Waals surface area contributed by atoms with Gasteiger partial charge in [-0.05, 0) is 30.7 Å². The second-order valence-corrected chi connectivity index (χ2v) is 9.02. The van der Waals surface area contributed by atoms with Crippen molar-refractivity contribution in [2.75, 3.05) is 0 Å². The van der Waals surface area contributed by atoms with Gasteiger partial charge in [-0.15, -0.1) is 6.58 Å². The van der Waals surface area contributed by atoms with Crippen LogP contribution in [0.15, 0.2) is 60.0 Å². The van der Waals surface area contributed by atoms with Crippen molar-refractivity contribution in [2.45, 2.75) is 23.6 Å². The Kier molecular flexibility index (Phi) is 5.69. The molecule has 3 rings (SSSR count). The maximum absolute atomic E-state index is 13.7. The first-order chi connectivity index (χ1) is 14.1. The molecule has 0 fully saturated rings. The summed E-state index contributed by atoms with van der Waals surface area (Å²) in [7, 11) is -4.22. The second-order valence-electron chi connectivity index (χ2n) is 6.58. The molecule has 1 atom stereocenters. The van der Waals surface area contributed by atoms with Gasteiger partial charge < -0.3 is 9.67 Å². The molecular formula is C20H17ClN2O6S. The van der Waals surface area contributed by atoms with E-state index in [-0.39, 0.29) is 21.5 Å². The number of carboxylic acids is 1. The zero-order valence-electron chi connectivity index (χ0n) is 15.8. The quantitative estimate of drug-likeness (QED) is 0.327. The van der Waals surface area contributed by atoms with Crippen molar-refractivity contribution >= 4 is 44.0 Å².